The van der Waals surface area contributed by atoms with Crippen molar-refractivity contribution in [3.8, 4) is 6.07 Å². The average molecular weight is 290 g/mol. The van der Waals surface area contributed by atoms with Crippen molar-refractivity contribution in [2.75, 3.05) is 5.32 Å². The van der Waals surface area contributed by atoms with Gasteiger partial charge >= 0.3 is 0 Å². The Morgan fingerprint density at radius 1 is 1.60 bits per heavy atom. The number of carbonyl (C=O) groups is 1. The van der Waals surface area contributed by atoms with E-state index < -0.39 is 0 Å². The molecule has 2 rings (SSSR count). The third-order valence-electron chi connectivity index (χ3n) is 2.85. The van der Waals surface area contributed by atoms with Crippen LogP contribution in [0.25, 0.3) is 0 Å². The second kappa shape index (κ2) is 5.81. The van der Waals surface area contributed by atoms with Crippen LogP contribution in [0.3, 0.4) is 0 Å². The molecule has 0 spiro atoms. The first-order valence-electron chi connectivity index (χ1n) is 5.94. The molecule has 0 fully saturated rings. The van der Waals surface area contributed by atoms with E-state index in [1.807, 2.05) is 13.8 Å². The van der Waals surface area contributed by atoms with Crippen LogP contribution < -0.4 is 11.1 Å². The number of aromatic nitrogens is 3. The molecule has 1 amide bonds. The predicted octanol–water partition coefficient (Wildman–Crippen LogP) is 0.926. The maximum absolute atomic E-state index is 11.9. The van der Waals surface area contributed by atoms with Gasteiger partial charge in [0.15, 0.2) is 0 Å². The minimum Gasteiger partial charge on any atom is -0.325 e. The van der Waals surface area contributed by atoms with E-state index in [1.165, 1.54) is 16.0 Å². The molecule has 2 aromatic rings. The van der Waals surface area contributed by atoms with Gasteiger partial charge in [-0.05, 0) is 19.4 Å². The lowest BCUT2D eigenvalue weighted by atomic mass is 10.2. The van der Waals surface area contributed by atoms with Crippen LogP contribution >= 0.6 is 11.3 Å². The molecule has 20 heavy (non-hydrogen) atoms. The molecule has 7 nitrogen and oxygen atoms in total. The van der Waals surface area contributed by atoms with Crippen LogP contribution in [-0.4, -0.2) is 20.9 Å². The number of hydrogen-bond donors (Lipinski definition) is 2. The van der Waals surface area contributed by atoms with Crippen molar-refractivity contribution in [1.82, 2.24) is 15.0 Å². The van der Waals surface area contributed by atoms with Crippen LogP contribution in [-0.2, 0) is 17.9 Å². The molecule has 0 saturated carbocycles. The Morgan fingerprint density at radius 2 is 2.35 bits per heavy atom. The molecular weight excluding hydrogens is 276 g/mol. The highest BCUT2D eigenvalue weighted by Crippen LogP contribution is 2.31. The zero-order valence-electron chi connectivity index (χ0n) is 11.2. The number of rotatable bonds is 4. The maximum atomic E-state index is 11.9. The SMILES string of the molecule is Cc1sc(NC(=O)Cn2cc(CN)nn2)c(C#N)c1C. The second-order valence-corrected chi connectivity index (χ2v) is 5.48. The standard InChI is InChI=1S/C12H14N6OS/c1-7-8(2)20-12(10(7)4-14)15-11(19)6-18-5-9(3-13)16-17-18/h5H,3,6,13H2,1-2H3,(H,15,19). The van der Waals surface area contributed by atoms with E-state index >= 15 is 0 Å². The van der Waals surface area contributed by atoms with Gasteiger partial charge in [0.25, 0.3) is 0 Å². The molecule has 2 heterocycles. The van der Waals surface area contributed by atoms with Gasteiger partial charge in [0, 0.05) is 11.4 Å². The highest BCUT2D eigenvalue weighted by molar-refractivity contribution is 7.16. The van der Waals surface area contributed by atoms with Gasteiger partial charge in [-0.2, -0.15) is 5.26 Å². The molecule has 0 aromatic carbocycles. The fraction of sp³-hybridized carbons (Fsp3) is 0.333. The summed E-state index contributed by atoms with van der Waals surface area (Å²) in [6.45, 7) is 4.10. The Labute approximate surface area is 120 Å². The molecule has 8 heteroatoms. The topological polar surface area (TPSA) is 110 Å². The largest absolute Gasteiger partial charge is 0.325 e. The van der Waals surface area contributed by atoms with Gasteiger partial charge in [0.1, 0.15) is 17.6 Å². The van der Waals surface area contributed by atoms with E-state index in [-0.39, 0.29) is 19.0 Å². The first kappa shape index (κ1) is 14.2. The predicted molar refractivity (Wildman–Crippen MR) is 75.1 cm³/mol. The van der Waals surface area contributed by atoms with Gasteiger partial charge in [-0.3, -0.25) is 4.79 Å². The number of aryl methyl sites for hydroxylation is 1. The average Bonchev–Trinajstić information content (AvgIpc) is 2.95. The fourth-order valence-corrected chi connectivity index (χ4v) is 2.70. The Balaban J connectivity index is 2.09. The zero-order valence-corrected chi connectivity index (χ0v) is 12.0. The number of nitriles is 1. The first-order valence-corrected chi connectivity index (χ1v) is 6.75. The summed E-state index contributed by atoms with van der Waals surface area (Å²) in [5.74, 6) is -0.253. The van der Waals surface area contributed by atoms with Crippen LogP contribution in [0.4, 0.5) is 5.00 Å². The molecule has 0 aliphatic rings. The maximum Gasteiger partial charge on any atom is 0.246 e. The second-order valence-electron chi connectivity index (χ2n) is 4.26. The Kier molecular flexibility index (Phi) is 4.12. The zero-order chi connectivity index (χ0) is 14.7. The van der Waals surface area contributed by atoms with Crippen molar-refractivity contribution in [3.05, 3.63) is 27.9 Å². The van der Waals surface area contributed by atoms with Crippen LogP contribution in [0.15, 0.2) is 6.20 Å². The highest BCUT2D eigenvalue weighted by atomic mass is 32.1. The summed E-state index contributed by atoms with van der Waals surface area (Å²) in [4.78, 5) is 13.0. The third-order valence-corrected chi connectivity index (χ3v) is 3.97. The van der Waals surface area contributed by atoms with Gasteiger partial charge < -0.3 is 11.1 Å². The minimum absolute atomic E-state index is 0.0356. The van der Waals surface area contributed by atoms with Gasteiger partial charge in [0.05, 0.1) is 17.5 Å². The summed E-state index contributed by atoms with van der Waals surface area (Å²) in [5.41, 5.74) is 7.47. The lowest BCUT2D eigenvalue weighted by Gasteiger charge is -2.02. The molecular formula is C12H14N6OS. The van der Waals surface area contributed by atoms with E-state index in [1.54, 1.807) is 6.20 Å². The first-order chi connectivity index (χ1) is 9.55. The summed E-state index contributed by atoms with van der Waals surface area (Å²) in [5, 5.41) is 20.0. The van der Waals surface area contributed by atoms with Crippen molar-refractivity contribution in [3.63, 3.8) is 0 Å². The smallest absolute Gasteiger partial charge is 0.246 e. The molecule has 0 bridgehead atoms. The summed E-state index contributed by atoms with van der Waals surface area (Å²) in [7, 11) is 0. The quantitative estimate of drug-likeness (QED) is 0.870. The molecule has 3 N–H and O–H groups in total. The lowest BCUT2D eigenvalue weighted by Crippen LogP contribution is -2.19. The van der Waals surface area contributed by atoms with Crippen LogP contribution in [0.2, 0.25) is 0 Å². The third kappa shape index (κ3) is 2.84. The normalized spacial score (nSPS) is 10.3. The van der Waals surface area contributed by atoms with Gasteiger partial charge in [-0.1, -0.05) is 5.21 Å². The summed E-state index contributed by atoms with van der Waals surface area (Å²) < 4.78 is 1.41. The van der Waals surface area contributed by atoms with Crippen molar-refractivity contribution in [1.29, 1.82) is 5.26 Å². The molecule has 0 aliphatic carbocycles. The van der Waals surface area contributed by atoms with E-state index in [4.69, 9.17) is 11.0 Å². The molecule has 0 saturated heterocycles. The number of amides is 1. The fourth-order valence-electron chi connectivity index (χ4n) is 1.67. The van der Waals surface area contributed by atoms with Crippen molar-refractivity contribution in [2.24, 2.45) is 5.73 Å². The number of hydrogen-bond acceptors (Lipinski definition) is 6. The molecule has 0 radical (unpaired) electrons. The number of carbonyl (C=O) groups excluding carboxylic acids is 1. The van der Waals surface area contributed by atoms with Crippen LogP contribution in [0.1, 0.15) is 21.7 Å². The number of nitrogens with two attached hydrogens (primary N) is 1. The summed E-state index contributed by atoms with van der Waals surface area (Å²) in [6, 6.07) is 2.11. The van der Waals surface area contributed by atoms with Crippen molar-refractivity contribution in [2.45, 2.75) is 26.9 Å². The van der Waals surface area contributed by atoms with Crippen molar-refractivity contribution >= 4 is 22.2 Å². The van der Waals surface area contributed by atoms with Gasteiger partial charge in [-0.15, -0.1) is 16.4 Å². The van der Waals surface area contributed by atoms with E-state index in [0.717, 1.165) is 10.4 Å². The molecule has 2 aromatic heterocycles. The molecule has 0 aliphatic heterocycles. The Morgan fingerprint density at radius 3 is 2.95 bits per heavy atom. The number of nitrogens with one attached hydrogen (secondary N) is 1. The summed E-state index contributed by atoms with van der Waals surface area (Å²) in [6.07, 6.45) is 1.62. The molecule has 0 atom stereocenters. The molecule has 104 valence electrons. The number of nitrogens with zero attached hydrogens (tertiary/aromatic N) is 4. The monoisotopic (exact) mass is 290 g/mol. The van der Waals surface area contributed by atoms with E-state index in [9.17, 15) is 4.79 Å². The summed E-state index contributed by atoms with van der Waals surface area (Å²) >= 11 is 1.39. The van der Waals surface area contributed by atoms with Crippen molar-refractivity contribution < 1.29 is 4.79 Å². The lowest BCUT2D eigenvalue weighted by molar-refractivity contribution is -0.116. The molecule has 0 unspecified atom stereocenters. The van der Waals surface area contributed by atoms with E-state index in [0.29, 0.717) is 16.3 Å². The minimum atomic E-state index is -0.253. The highest BCUT2D eigenvalue weighted by Gasteiger charge is 2.15. The number of thiophene rings is 1. The number of anilines is 1. The Hall–Kier alpha value is -2.24. The van der Waals surface area contributed by atoms with E-state index in [2.05, 4.69) is 21.7 Å². The van der Waals surface area contributed by atoms with Gasteiger partial charge in [-0.25, -0.2) is 4.68 Å². The van der Waals surface area contributed by atoms with Gasteiger partial charge in [0.2, 0.25) is 5.91 Å². The van der Waals surface area contributed by atoms with Crippen LogP contribution in [0, 0.1) is 25.2 Å². The van der Waals surface area contributed by atoms with Crippen LogP contribution in [0.5, 0.6) is 0 Å². The Bertz CT molecular complexity index is 681.